The molecule has 0 unspecified atom stereocenters. The molecule has 0 radical (unpaired) electrons. The summed E-state index contributed by atoms with van der Waals surface area (Å²) >= 11 is 0. The zero-order valence-corrected chi connectivity index (χ0v) is 13.7. The highest BCUT2D eigenvalue weighted by Crippen LogP contribution is 2.28. The lowest BCUT2D eigenvalue weighted by atomic mass is 9.95. The van der Waals surface area contributed by atoms with E-state index in [9.17, 15) is 0 Å². The summed E-state index contributed by atoms with van der Waals surface area (Å²) in [6.07, 6.45) is 11.5. The first-order valence-corrected chi connectivity index (χ1v) is 8.27. The van der Waals surface area contributed by atoms with Crippen LogP contribution in [0, 0.1) is 0 Å². The Balaban J connectivity index is 1.58. The maximum Gasteiger partial charge on any atom is 0.159 e. The van der Waals surface area contributed by atoms with Crippen LogP contribution in [-0.2, 0) is 7.05 Å². The van der Waals surface area contributed by atoms with Gasteiger partial charge in [0.15, 0.2) is 5.82 Å². The predicted molar refractivity (Wildman–Crippen MR) is 92.7 cm³/mol. The molecular weight excluding hydrogens is 300 g/mol. The Labute approximate surface area is 141 Å². The van der Waals surface area contributed by atoms with Crippen molar-refractivity contribution in [2.24, 2.45) is 7.05 Å². The zero-order valence-electron chi connectivity index (χ0n) is 13.7. The molecule has 0 amide bonds. The number of aromatic nitrogens is 5. The molecule has 6 nitrogen and oxygen atoms in total. The van der Waals surface area contributed by atoms with E-state index in [4.69, 9.17) is 4.98 Å². The minimum absolute atomic E-state index is 0.369. The summed E-state index contributed by atoms with van der Waals surface area (Å²) in [5, 5.41) is 0. The van der Waals surface area contributed by atoms with Gasteiger partial charge < -0.3 is 9.47 Å². The van der Waals surface area contributed by atoms with Gasteiger partial charge in [0.1, 0.15) is 11.5 Å². The van der Waals surface area contributed by atoms with E-state index in [1.54, 1.807) is 12.4 Å². The topological polar surface area (TPSA) is 59.7 Å². The van der Waals surface area contributed by atoms with Crippen LogP contribution < -0.4 is 4.90 Å². The lowest BCUT2D eigenvalue weighted by Gasteiger charge is -2.33. The van der Waals surface area contributed by atoms with E-state index >= 15 is 0 Å². The molecule has 24 heavy (non-hydrogen) atoms. The Bertz CT molecular complexity index is 813. The van der Waals surface area contributed by atoms with Crippen LogP contribution in [0.25, 0.3) is 11.5 Å². The molecule has 6 heteroatoms. The summed E-state index contributed by atoms with van der Waals surface area (Å²) in [5.41, 5.74) is 1.87. The third kappa shape index (κ3) is 2.87. The van der Waals surface area contributed by atoms with Gasteiger partial charge >= 0.3 is 0 Å². The van der Waals surface area contributed by atoms with Crippen molar-refractivity contribution in [3.63, 3.8) is 0 Å². The van der Waals surface area contributed by atoms with Crippen molar-refractivity contribution in [2.45, 2.75) is 18.8 Å². The number of hydrogen-bond acceptors (Lipinski definition) is 5. The second-order valence-corrected chi connectivity index (χ2v) is 6.16. The molecule has 1 fully saturated rings. The molecular formula is C18H20N6. The number of pyridine rings is 1. The Hall–Kier alpha value is -2.76. The Morgan fingerprint density at radius 1 is 1.12 bits per heavy atom. The van der Waals surface area contributed by atoms with E-state index in [1.165, 1.54) is 0 Å². The molecule has 1 atom stereocenters. The minimum atomic E-state index is 0.369. The smallest absolute Gasteiger partial charge is 0.159 e. The lowest BCUT2D eigenvalue weighted by molar-refractivity contribution is 0.497. The summed E-state index contributed by atoms with van der Waals surface area (Å²) in [4.78, 5) is 20.4. The minimum Gasteiger partial charge on any atom is -0.356 e. The summed E-state index contributed by atoms with van der Waals surface area (Å²) in [6.45, 7) is 1.97. The molecule has 0 aromatic carbocycles. The van der Waals surface area contributed by atoms with Crippen LogP contribution in [0.1, 0.15) is 24.5 Å². The number of imidazole rings is 1. The Kier molecular flexibility index (Phi) is 3.94. The lowest BCUT2D eigenvalue weighted by Crippen LogP contribution is -2.35. The molecule has 0 spiro atoms. The molecule has 0 aliphatic carbocycles. The third-order valence-electron chi connectivity index (χ3n) is 4.52. The van der Waals surface area contributed by atoms with E-state index in [1.807, 2.05) is 42.3 Å². The highest BCUT2D eigenvalue weighted by molar-refractivity contribution is 5.48. The van der Waals surface area contributed by atoms with E-state index in [0.29, 0.717) is 5.92 Å². The van der Waals surface area contributed by atoms with Gasteiger partial charge in [-0.15, -0.1) is 0 Å². The van der Waals surface area contributed by atoms with Crippen molar-refractivity contribution in [1.29, 1.82) is 0 Å². The van der Waals surface area contributed by atoms with Crippen LogP contribution in [0.3, 0.4) is 0 Å². The molecule has 122 valence electrons. The van der Waals surface area contributed by atoms with Crippen molar-refractivity contribution in [3.05, 3.63) is 54.9 Å². The zero-order chi connectivity index (χ0) is 16.4. The van der Waals surface area contributed by atoms with E-state index < -0.39 is 0 Å². The molecule has 0 N–H and O–H groups in total. The fourth-order valence-corrected chi connectivity index (χ4v) is 3.27. The number of aryl methyl sites for hydroxylation is 1. The van der Waals surface area contributed by atoms with Gasteiger partial charge in [-0.1, -0.05) is 6.07 Å². The number of anilines is 1. The molecule has 1 aliphatic rings. The fourth-order valence-electron chi connectivity index (χ4n) is 3.27. The Morgan fingerprint density at radius 3 is 2.88 bits per heavy atom. The summed E-state index contributed by atoms with van der Waals surface area (Å²) in [6, 6.07) is 6.05. The average molecular weight is 320 g/mol. The second kappa shape index (κ2) is 6.39. The van der Waals surface area contributed by atoms with E-state index in [2.05, 4.69) is 25.9 Å². The predicted octanol–water partition coefficient (Wildman–Crippen LogP) is 2.66. The van der Waals surface area contributed by atoms with Crippen LogP contribution in [-0.4, -0.2) is 37.6 Å². The highest BCUT2D eigenvalue weighted by atomic mass is 15.2. The third-order valence-corrected chi connectivity index (χ3v) is 4.52. The van der Waals surface area contributed by atoms with Gasteiger partial charge in [0.2, 0.25) is 0 Å². The molecule has 1 aliphatic heterocycles. The summed E-state index contributed by atoms with van der Waals surface area (Å²) < 4.78 is 1.97. The van der Waals surface area contributed by atoms with Crippen LogP contribution in [0.2, 0.25) is 0 Å². The van der Waals surface area contributed by atoms with Gasteiger partial charge in [0.05, 0.1) is 11.9 Å². The van der Waals surface area contributed by atoms with Crippen molar-refractivity contribution < 1.29 is 0 Å². The molecule has 3 aromatic rings. The first-order valence-electron chi connectivity index (χ1n) is 8.27. The van der Waals surface area contributed by atoms with Crippen LogP contribution in [0.5, 0.6) is 0 Å². The fraction of sp³-hybridized carbons (Fsp3) is 0.333. The van der Waals surface area contributed by atoms with Crippen molar-refractivity contribution in [2.75, 3.05) is 18.0 Å². The number of rotatable bonds is 3. The van der Waals surface area contributed by atoms with Gasteiger partial charge in [-0.25, -0.2) is 15.0 Å². The average Bonchev–Trinajstić information content (AvgIpc) is 3.09. The maximum atomic E-state index is 4.83. The SMILES string of the molecule is Cn1ccnc1-c1cncc([C@@H]2CCCN(c3ccccn3)C2)n1. The van der Waals surface area contributed by atoms with Gasteiger partial charge in [0, 0.05) is 50.8 Å². The van der Waals surface area contributed by atoms with E-state index in [-0.39, 0.29) is 0 Å². The molecule has 0 bridgehead atoms. The highest BCUT2D eigenvalue weighted by Gasteiger charge is 2.24. The molecule has 3 aromatic heterocycles. The first-order chi connectivity index (χ1) is 11.8. The standard InChI is InChI=1S/C18H20N6/c1-23-10-8-21-18(23)16-12-19-11-15(22-16)14-5-4-9-24(13-14)17-6-2-3-7-20-17/h2-3,6-8,10-12,14H,4-5,9,13H2,1H3/t14-/m1/s1. The van der Waals surface area contributed by atoms with Crippen LogP contribution in [0.15, 0.2) is 49.2 Å². The molecule has 0 saturated carbocycles. The summed E-state index contributed by atoms with van der Waals surface area (Å²) in [7, 11) is 1.97. The van der Waals surface area contributed by atoms with Crippen molar-refractivity contribution >= 4 is 5.82 Å². The molecule has 1 saturated heterocycles. The van der Waals surface area contributed by atoms with Gasteiger partial charge in [-0.2, -0.15) is 0 Å². The van der Waals surface area contributed by atoms with Crippen LogP contribution >= 0.6 is 0 Å². The van der Waals surface area contributed by atoms with Crippen LogP contribution in [0.4, 0.5) is 5.82 Å². The van der Waals surface area contributed by atoms with Crippen molar-refractivity contribution in [3.8, 4) is 11.5 Å². The summed E-state index contributed by atoms with van der Waals surface area (Å²) in [5.74, 6) is 2.26. The largest absolute Gasteiger partial charge is 0.356 e. The second-order valence-electron chi connectivity index (χ2n) is 6.16. The maximum absolute atomic E-state index is 4.83. The van der Waals surface area contributed by atoms with Gasteiger partial charge in [-0.3, -0.25) is 4.98 Å². The first kappa shape index (κ1) is 14.8. The number of nitrogens with zero attached hydrogens (tertiary/aromatic N) is 6. The van der Waals surface area contributed by atoms with Gasteiger partial charge in [0.25, 0.3) is 0 Å². The van der Waals surface area contributed by atoms with Crippen molar-refractivity contribution in [1.82, 2.24) is 24.5 Å². The van der Waals surface area contributed by atoms with E-state index in [0.717, 1.165) is 49.0 Å². The number of piperidine rings is 1. The molecule has 4 rings (SSSR count). The van der Waals surface area contributed by atoms with Gasteiger partial charge in [-0.05, 0) is 25.0 Å². The monoisotopic (exact) mass is 320 g/mol. The molecule has 4 heterocycles. The number of hydrogen-bond donors (Lipinski definition) is 0. The quantitative estimate of drug-likeness (QED) is 0.742. The Morgan fingerprint density at radius 2 is 2.08 bits per heavy atom. The normalized spacial score (nSPS) is 17.9.